The summed E-state index contributed by atoms with van der Waals surface area (Å²) in [6, 6.07) is 69.9. The van der Waals surface area contributed by atoms with E-state index in [0.29, 0.717) is 0 Å². The molecule has 0 N–H and O–H groups in total. The van der Waals surface area contributed by atoms with Crippen molar-refractivity contribution in [1.82, 2.24) is 9.97 Å². The lowest BCUT2D eigenvalue weighted by molar-refractivity contribution is 1.39. The van der Waals surface area contributed by atoms with Crippen LogP contribution in [0.2, 0.25) is 0 Å². The zero-order valence-corrected chi connectivity index (χ0v) is 29.4. The third-order valence-corrected chi connectivity index (χ3v) is 11.0. The fourth-order valence-electron chi connectivity index (χ4n) is 8.40. The van der Waals surface area contributed by atoms with Gasteiger partial charge in [0.2, 0.25) is 0 Å². The highest BCUT2D eigenvalue weighted by atomic mass is 14.7. The molecule has 11 aromatic rings. The van der Waals surface area contributed by atoms with Gasteiger partial charge in [-0.2, -0.15) is 0 Å². The van der Waals surface area contributed by atoms with Gasteiger partial charge in [-0.25, -0.2) is 9.97 Å². The number of rotatable bonds is 4. The maximum Gasteiger partial charge on any atom is 0.0722 e. The fourth-order valence-corrected chi connectivity index (χ4v) is 8.40. The van der Waals surface area contributed by atoms with Crippen molar-refractivity contribution >= 4 is 64.9 Å². The Kier molecular flexibility index (Phi) is 6.90. The first kappa shape index (κ1) is 30.5. The van der Waals surface area contributed by atoms with Crippen molar-refractivity contribution in [3.8, 4) is 44.8 Å². The molecule has 0 saturated carbocycles. The van der Waals surface area contributed by atoms with Gasteiger partial charge >= 0.3 is 0 Å². The van der Waals surface area contributed by atoms with E-state index in [4.69, 9.17) is 9.97 Å². The quantitative estimate of drug-likeness (QED) is 0.172. The van der Waals surface area contributed by atoms with E-state index >= 15 is 0 Å². The van der Waals surface area contributed by atoms with E-state index in [2.05, 4.69) is 188 Å². The lowest BCUT2D eigenvalue weighted by atomic mass is 9.90. The van der Waals surface area contributed by atoms with Gasteiger partial charge < -0.3 is 0 Å². The third kappa shape index (κ3) is 4.96. The smallest absolute Gasteiger partial charge is 0.0722 e. The predicted octanol–water partition coefficient (Wildman–Crippen LogP) is 14.1. The van der Waals surface area contributed by atoms with E-state index < -0.39 is 0 Å². The number of pyridine rings is 2. The van der Waals surface area contributed by atoms with Gasteiger partial charge in [-0.3, -0.25) is 0 Å². The van der Waals surface area contributed by atoms with Crippen LogP contribution in [0.5, 0.6) is 0 Å². The summed E-state index contributed by atoms with van der Waals surface area (Å²) in [5.41, 5.74) is 10.7. The highest BCUT2D eigenvalue weighted by Gasteiger charge is 2.17. The van der Waals surface area contributed by atoms with Crippen LogP contribution in [0.15, 0.2) is 194 Å². The minimum absolute atomic E-state index is 0.956. The highest BCUT2D eigenvalue weighted by Crippen LogP contribution is 2.41. The summed E-state index contributed by atoms with van der Waals surface area (Å²) in [6.45, 7) is 0. The van der Waals surface area contributed by atoms with Gasteiger partial charge in [0.1, 0.15) is 0 Å². The molecule has 0 aliphatic carbocycles. The normalized spacial score (nSPS) is 11.7. The van der Waals surface area contributed by atoms with Gasteiger partial charge in [-0.1, -0.05) is 146 Å². The van der Waals surface area contributed by atoms with Crippen LogP contribution in [-0.2, 0) is 0 Å². The van der Waals surface area contributed by atoms with Gasteiger partial charge in [-0.15, -0.1) is 0 Å². The average Bonchev–Trinajstić information content (AvgIpc) is 3.25. The molecule has 0 bridgehead atoms. The van der Waals surface area contributed by atoms with Crippen LogP contribution in [0.25, 0.3) is 110 Å². The number of para-hydroxylation sites is 1. The Morgan fingerprint density at radius 1 is 0.241 bits per heavy atom. The topological polar surface area (TPSA) is 25.8 Å². The van der Waals surface area contributed by atoms with Crippen molar-refractivity contribution in [2.45, 2.75) is 0 Å². The molecule has 250 valence electrons. The zero-order chi connectivity index (χ0) is 35.6. The summed E-state index contributed by atoms with van der Waals surface area (Å²) in [5, 5.41) is 12.1. The molecule has 2 heteroatoms. The van der Waals surface area contributed by atoms with Gasteiger partial charge in [0.25, 0.3) is 0 Å². The number of benzene rings is 9. The number of aromatic nitrogens is 2. The Morgan fingerprint density at radius 2 is 0.778 bits per heavy atom. The van der Waals surface area contributed by atoms with Crippen LogP contribution in [0.3, 0.4) is 0 Å². The Bertz CT molecular complexity index is 3290. The first-order valence-electron chi connectivity index (χ1n) is 18.5. The summed E-state index contributed by atoms with van der Waals surface area (Å²) in [5.74, 6) is 0. The van der Waals surface area contributed by atoms with Crippen LogP contribution < -0.4 is 0 Å². The highest BCUT2D eigenvalue weighted by molar-refractivity contribution is 6.16. The van der Waals surface area contributed by atoms with Crippen LogP contribution >= 0.6 is 0 Å². The molecule has 2 nitrogen and oxygen atoms in total. The average molecular weight is 685 g/mol. The van der Waals surface area contributed by atoms with Crippen molar-refractivity contribution in [3.05, 3.63) is 194 Å². The van der Waals surface area contributed by atoms with Gasteiger partial charge in [0, 0.05) is 21.9 Å². The monoisotopic (exact) mass is 684 g/mol. The Morgan fingerprint density at radius 3 is 1.52 bits per heavy atom. The molecule has 0 amide bonds. The van der Waals surface area contributed by atoms with Crippen molar-refractivity contribution in [3.63, 3.8) is 0 Å². The molecule has 0 radical (unpaired) electrons. The lowest BCUT2D eigenvalue weighted by Gasteiger charge is -2.16. The van der Waals surface area contributed by atoms with E-state index in [0.717, 1.165) is 55.4 Å². The first-order valence-corrected chi connectivity index (χ1v) is 18.5. The summed E-state index contributed by atoms with van der Waals surface area (Å²) in [6.07, 6.45) is 0. The van der Waals surface area contributed by atoms with Crippen LogP contribution in [0.1, 0.15) is 0 Å². The first-order chi connectivity index (χ1) is 26.7. The summed E-state index contributed by atoms with van der Waals surface area (Å²) in [7, 11) is 0. The van der Waals surface area contributed by atoms with E-state index in [1.54, 1.807) is 0 Å². The van der Waals surface area contributed by atoms with E-state index in [9.17, 15) is 0 Å². The molecular formula is C52H32N2. The molecule has 11 rings (SSSR count). The maximum atomic E-state index is 5.44. The molecule has 2 heterocycles. The second-order valence-electron chi connectivity index (χ2n) is 14.1. The molecular weight excluding hydrogens is 653 g/mol. The van der Waals surface area contributed by atoms with E-state index in [1.807, 2.05) is 6.07 Å². The minimum Gasteiger partial charge on any atom is -0.248 e. The van der Waals surface area contributed by atoms with Crippen molar-refractivity contribution in [2.24, 2.45) is 0 Å². The van der Waals surface area contributed by atoms with E-state index in [1.165, 1.54) is 54.2 Å². The Hall–Kier alpha value is -7.16. The number of nitrogens with zero attached hydrogens (tertiary/aromatic N) is 2. The third-order valence-electron chi connectivity index (χ3n) is 11.0. The van der Waals surface area contributed by atoms with Crippen molar-refractivity contribution < 1.29 is 0 Å². The zero-order valence-electron chi connectivity index (χ0n) is 29.4. The van der Waals surface area contributed by atoms with Gasteiger partial charge in [-0.05, 0) is 114 Å². The SMILES string of the molecule is c1cc(-c2ccc3ccccc3n2)cc(-c2cc(-c3cc4ccccc4c4ccccc34)nc3ccc(-c4cc5ccccc5c5ccccc45)cc23)c1. The van der Waals surface area contributed by atoms with Crippen molar-refractivity contribution in [1.29, 1.82) is 0 Å². The van der Waals surface area contributed by atoms with Gasteiger partial charge in [0.05, 0.1) is 22.4 Å². The molecule has 0 spiro atoms. The fraction of sp³-hybridized carbons (Fsp3) is 0. The van der Waals surface area contributed by atoms with Crippen LogP contribution in [0.4, 0.5) is 0 Å². The van der Waals surface area contributed by atoms with E-state index in [-0.39, 0.29) is 0 Å². The van der Waals surface area contributed by atoms with Gasteiger partial charge in [0.15, 0.2) is 0 Å². The summed E-state index contributed by atoms with van der Waals surface area (Å²) in [4.78, 5) is 10.5. The number of hydrogen-bond acceptors (Lipinski definition) is 2. The molecule has 0 atom stereocenters. The van der Waals surface area contributed by atoms with Crippen LogP contribution in [-0.4, -0.2) is 9.97 Å². The molecule has 0 fully saturated rings. The predicted molar refractivity (Wildman–Crippen MR) is 229 cm³/mol. The second-order valence-corrected chi connectivity index (χ2v) is 14.1. The molecule has 0 aliphatic heterocycles. The van der Waals surface area contributed by atoms with Crippen molar-refractivity contribution in [2.75, 3.05) is 0 Å². The Labute approximate surface area is 312 Å². The number of fused-ring (bicyclic) bond motifs is 8. The largest absolute Gasteiger partial charge is 0.248 e. The minimum atomic E-state index is 0.956. The lowest BCUT2D eigenvalue weighted by Crippen LogP contribution is -1.93. The molecule has 54 heavy (non-hydrogen) atoms. The molecule has 9 aromatic carbocycles. The molecule has 0 unspecified atom stereocenters. The number of hydrogen-bond donors (Lipinski definition) is 0. The molecule has 0 saturated heterocycles. The maximum absolute atomic E-state index is 5.44. The standard InChI is InChI=1S/C52H32N2/c1-4-17-39-35(13-1)29-45(43-21-8-6-19-41(39)43)37-25-27-51-48(31-37)46(34-15-11-16-38(28-34)50-26-24-33-12-3-10-23-49(33)53-50)32-52(54-51)47-30-36-14-2-5-18-40(36)42-20-7-9-22-44(42)47/h1-32H. The second kappa shape index (κ2) is 12.2. The molecule has 2 aromatic heterocycles. The summed E-state index contributed by atoms with van der Waals surface area (Å²) >= 11 is 0. The van der Waals surface area contributed by atoms with Crippen LogP contribution in [0, 0.1) is 0 Å². The molecule has 0 aliphatic rings. The summed E-state index contributed by atoms with van der Waals surface area (Å²) < 4.78 is 0. The Balaban J connectivity index is 1.18.